The molecule has 0 aromatic heterocycles. The van der Waals surface area contributed by atoms with E-state index < -0.39 is 11.4 Å². The van der Waals surface area contributed by atoms with E-state index in [4.69, 9.17) is 0 Å². The average molecular weight is 228 g/mol. The number of likely N-dealkylation sites (N-methyl/N-ethyl adjacent to an activating group) is 1. The number of nitrogens with one attached hydrogen (secondary N) is 1. The minimum atomic E-state index is -0.742. The van der Waals surface area contributed by atoms with E-state index in [0.717, 1.165) is 0 Å². The predicted octanol–water partition coefficient (Wildman–Crippen LogP) is 0.309. The van der Waals surface area contributed by atoms with Gasteiger partial charge >= 0.3 is 5.97 Å². The average Bonchev–Trinajstić information content (AvgIpc) is 2.63. The van der Waals surface area contributed by atoms with Crippen molar-refractivity contribution in [2.24, 2.45) is 5.41 Å². The number of amides is 1. The van der Waals surface area contributed by atoms with Gasteiger partial charge in [0.05, 0.1) is 12.0 Å². The van der Waals surface area contributed by atoms with Crippen molar-refractivity contribution < 1.29 is 14.7 Å². The van der Waals surface area contributed by atoms with Crippen molar-refractivity contribution in [2.75, 3.05) is 26.2 Å². The van der Waals surface area contributed by atoms with Gasteiger partial charge in [-0.3, -0.25) is 14.5 Å². The highest BCUT2D eigenvalue weighted by atomic mass is 16.4. The van der Waals surface area contributed by atoms with Crippen LogP contribution in [-0.2, 0) is 9.59 Å². The van der Waals surface area contributed by atoms with E-state index in [1.807, 2.05) is 18.7 Å². The molecule has 0 saturated carbocycles. The molecular formula is C11H20N2O3. The molecule has 1 amide bonds. The molecule has 1 aliphatic rings. The number of nitrogens with zero attached hydrogens (tertiary/aromatic N) is 1. The lowest BCUT2D eigenvalue weighted by molar-refractivity contribution is -0.148. The number of likely N-dealkylation sites (tertiary alicyclic amines) is 1. The molecule has 1 atom stereocenters. The lowest BCUT2D eigenvalue weighted by atomic mass is 9.84. The van der Waals surface area contributed by atoms with Crippen LogP contribution in [0.15, 0.2) is 0 Å². The lowest BCUT2D eigenvalue weighted by Crippen LogP contribution is -2.39. The molecule has 1 aliphatic heterocycles. The van der Waals surface area contributed by atoms with E-state index in [2.05, 4.69) is 5.32 Å². The first-order chi connectivity index (χ1) is 7.54. The Morgan fingerprint density at radius 3 is 2.56 bits per heavy atom. The summed E-state index contributed by atoms with van der Waals surface area (Å²) in [4.78, 5) is 24.5. The maximum Gasteiger partial charge on any atom is 0.310 e. The number of carbonyl (C=O) groups excluding carboxylic acids is 1. The molecule has 0 aromatic carbocycles. The molecule has 2 N–H and O–H groups in total. The predicted molar refractivity (Wildman–Crippen MR) is 60.1 cm³/mol. The third kappa shape index (κ3) is 2.72. The smallest absolute Gasteiger partial charge is 0.310 e. The molecule has 1 unspecified atom stereocenters. The molecule has 0 aliphatic carbocycles. The summed E-state index contributed by atoms with van der Waals surface area (Å²) in [5, 5.41) is 11.9. The van der Waals surface area contributed by atoms with E-state index in [1.165, 1.54) is 0 Å². The van der Waals surface area contributed by atoms with Crippen molar-refractivity contribution in [1.82, 2.24) is 10.2 Å². The Labute approximate surface area is 95.8 Å². The summed E-state index contributed by atoms with van der Waals surface area (Å²) in [6.45, 7) is 5.86. The zero-order valence-corrected chi connectivity index (χ0v) is 9.95. The minimum absolute atomic E-state index is 0.0280. The van der Waals surface area contributed by atoms with Crippen LogP contribution in [-0.4, -0.2) is 48.1 Å². The van der Waals surface area contributed by atoms with E-state index in [1.54, 1.807) is 0 Å². The number of hydrogen-bond acceptors (Lipinski definition) is 3. The first-order valence-corrected chi connectivity index (χ1v) is 5.76. The standard InChI is InChI=1S/C11H20N2O3/c1-3-11(10(15)16)5-6-13(8-11)7-9(14)12-4-2/h3-8H2,1-2H3,(H,12,14)(H,15,16). The number of aliphatic carboxylic acids is 1. The third-order valence-electron chi connectivity index (χ3n) is 3.30. The fourth-order valence-electron chi connectivity index (χ4n) is 2.16. The van der Waals surface area contributed by atoms with E-state index in [9.17, 15) is 14.7 Å². The molecular weight excluding hydrogens is 208 g/mol. The van der Waals surface area contributed by atoms with Crippen LogP contribution >= 0.6 is 0 Å². The lowest BCUT2D eigenvalue weighted by Gasteiger charge is -2.22. The monoisotopic (exact) mass is 228 g/mol. The molecule has 92 valence electrons. The number of hydrogen-bond donors (Lipinski definition) is 2. The van der Waals surface area contributed by atoms with Crippen molar-refractivity contribution in [3.8, 4) is 0 Å². The molecule has 0 aromatic rings. The molecule has 0 spiro atoms. The summed E-state index contributed by atoms with van der Waals surface area (Å²) in [7, 11) is 0. The highest BCUT2D eigenvalue weighted by Gasteiger charge is 2.43. The van der Waals surface area contributed by atoms with Gasteiger partial charge in [0.25, 0.3) is 0 Å². The second-order valence-corrected chi connectivity index (χ2v) is 4.35. The van der Waals surface area contributed by atoms with Crippen LogP contribution in [0.5, 0.6) is 0 Å². The van der Waals surface area contributed by atoms with Crippen molar-refractivity contribution >= 4 is 11.9 Å². The highest BCUT2D eigenvalue weighted by molar-refractivity contribution is 5.79. The van der Waals surface area contributed by atoms with Gasteiger partial charge in [0.15, 0.2) is 0 Å². The molecule has 1 rings (SSSR count). The molecule has 5 nitrogen and oxygen atoms in total. The molecule has 0 radical (unpaired) electrons. The van der Waals surface area contributed by atoms with Crippen LogP contribution in [0.3, 0.4) is 0 Å². The Bertz CT molecular complexity index is 280. The molecule has 1 heterocycles. The first-order valence-electron chi connectivity index (χ1n) is 5.76. The van der Waals surface area contributed by atoms with E-state index in [-0.39, 0.29) is 5.91 Å². The largest absolute Gasteiger partial charge is 0.481 e. The number of carboxylic acids is 1. The molecule has 16 heavy (non-hydrogen) atoms. The van der Waals surface area contributed by atoms with Gasteiger partial charge in [0, 0.05) is 13.1 Å². The second-order valence-electron chi connectivity index (χ2n) is 4.35. The van der Waals surface area contributed by atoms with Gasteiger partial charge in [-0.1, -0.05) is 6.92 Å². The van der Waals surface area contributed by atoms with Gasteiger partial charge in [-0.15, -0.1) is 0 Å². The summed E-state index contributed by atoms with van der Waals surface area (Å²) in [6.07, 6.45) is 1.26. The minimum Gasteiger partial charge on any atom is -0.481 e. The van der Waals surface area contributed by atoms with E-state index in [0.29, 0.717) is 39.0 Å². The van der Waals surface area contributed by atoms with Gasteiger partial charge < -0.3 is 10.4 Å². The first kappa shape index (κ1) is 13.0. The highest BCUT2D eigenvalue weighted by Crippen LogP contribution is 2.33. The Kier molecular flexibility index (Phi) is 4.29. The molecule has 1 saturated heterocycles. The van der Waals surface area contributed by atoms with Crippen LogP contribution in [0.25, 0.3) is 0 Å². The molecule has 0 bridgehead atoms. The van der Waals surface area contributed by atoms with Gasteiger partial charge in [-0.25, -0.2) is 0 Å². The van der Waals surface area contributed by atoms with Crippen LogP contribution in [0, 0.1) is 5.41 Å². The van der Waals surface area contributed by atoms with Crippen LogP contribution in [0.4, 0.5) is 0 Å². The Morgan fingerprint density at radius 2 is 2.12 bits per heavy atom. The third-order valence-corrected chi connectivity index (χ3v) is 3.30. The number of rotatable bonds is 5. The van der Waals surface area contributed by atoms with Gasteiger partial charge in [0.2, 0.25) is 5.91 Å². The maximum absolute atomic E-state index is 11.4. The van der Waals surface area contributed by atoms with Gasteiger partial charge in [0.1, 0.15) is 0 Å². The van der Waals surface area contributed by atoms with Crippen molar-refractivity contribution in [3.05, 3.63) is 0 Å². The van der Waals surface area contributed by atoms with Crippen LogP contribution in [0.1, 0.15) is 26.7 Å². The van der Waals surface area contributed by atoms with Crippen molar-refractivity contribution in [2.45, 2.75) is 26.7 Å². The zero-order chi connectivity index (χ0) is 12.2. The molecule has 5 heteroatoms. The summed E-state index contributed by atoms with van der Waals surface area (Å²) in [5.74, 6) is -0.770. The van der Waals surface area contributed by atoms with Crippen LogP contribution < -0.4 is 5.32 Å². The summed E-state index contributed by atoms with van der Waals surface area (Å²) < 4.78 is 0. The Hall–Kier alpha value is -1.10. The maximum atomic E-state index is 11.4. The number of carbonyl (C=O) groups is 2. The van der Waals surface area contributed by atoms with Gasteiger partial charge in [-0.05, 0) is 26.3 Å². The molecule has 1 fully saturated rings. The second kappa shape index (κ2) is 5.30. The normalized spacial score (nSPS) is 25.6. The summed E-state index contributed by atoms with van der Waals surface area (Å²) in [6, 6.07) is 0. The summed E-state index contributed by atoms with van der Waals surface area (Å²) >= 11 is 0. The SMILES string of the molecule is CCNC(=O)CN1CCC(CC)(C(=O)O)C1. The van der Waals surface area contributed by atoms with Gasteiger partial charge in [-0.2, -0.15) is 0 Å². The quantitative estimate of drug-likeness (QED) is 0.710. The van der Waals surface area contributed by atoms with E-state index >= 15 is 0 Å². The Balaban J connectivity index is 2.51. The fraction of sp³-hybridized carbons (Fsp3) is 0.818. The number of carboxylic acid groups (broad SMARTS) is 1. The van der Waals surface area contributed by atoms with Crippen molar-refractivity contribution in [3.63, 3.8) is 0 Å². The topological polar surface area (TPSA) is 69.6 Å². The summed E-state index contributed by atoms with van der Waals surface area (Å²) in [5.41, 5.74) is -0.646. The zero-order valence-electron chi connectivity index (χ0n) is 9.95. The van der Waals surface area contributed by atoms with Crippen LogP contribution in [0.2, 0.25) is 0 Å². The Morgan fingerprint density at radius 1 is 1.44 bits per heavy atom. The fourth-order valence-corrected chi connectivity index (χ4v) is 2.16. The van der Waals surface area contributed by atoms with Crippen molar-refractivity contribution in [1.29, 1.82) is 0 Å².